The molecule has 1 heterocycles. The SMILES string of the molecule is CCc1ccc(S(=O)(=O)n2c(=O)[nH]c3cc(C)c(N)cc32)cc1. The van der Waals surface area contributed by atoms with Gasteiger partial charge in [0.15, 0.2) is 0 Å². The Morgan fingerprint density at radius 2 is 1.83 bits per heavy atom. The fraction of sp³-hybridized carbons (Fsp3) is 0.188. The van der Waals surface area contributed by atoms with Crippen molar-refractivity contribution in [3.8, 4) is 0 Å². The summed E-state index contributed by atoms with van der Waals surface area (Å²) in [7, 11) is -3.99. The fourth-order valence-electron chi connectivity index (χ4n) is 2.50. The van der Waals surface area contributed by atoms with Crippen molar-refractivity contribution in [2.24, 2.45) is 0 Å². The van der Waals surface area contributed by atoms with E-state index in [4.69, 9.17) is 5.73 Å². The number of benzene rings is 2. The van der Waals surface area contributed by atoms with Gasteiger partial charge >= 0.3 is 5.69 Å². The van der Waals surface area contributed by atoms with Crippen LogP contribution in [0.15, 0.2) is 46.1 Å². The molecule has 0 spiro atoms. The Kier molecular flexibility index (Phi) is 3.52. The van der Waals surface area contributed by atoms with E-state index in [1.54, 1.807) is 25.1 Å². The number of aromatic amines is 1. The van der Waals surface area contributed by atoms with E-state index in [1.807, 2.05) is 6.92 Å². The largest absolute Gasteiger partial charge is 0.398 e. The maximum atomic E-state index is 12.8. The predicted octanol–water partition coefficient (Wildman–Crippen LogP) is 2.02. The molecule has 0 aliphatic rings. The number of rotatable bonds is 3. The van der Waals surface area contributed by atoms with Crippen LogP contribution in [0.1, 0.15) is 18.1 Å². The summed E-state index contributed by atoms with van der Waals surface area (Å²) in [6.07, 6.45) is 0.809. The minimum Gasteiger partial charge on any atom is -0.398 e. The number of anilines is 1. The maximum absolute atomic E-state index is 12.8. The predicted molar refractivity (Wildman–Crippen MR) is 90.1 cm³/mol. The van der Waals surface area contributed by atoms with E-state index in [9.17, 15) is 13.2 Å². The van der Waals surface area contributed by atoms with Crippen LogP contribution in [0.25, 0.3) is 11.0 Å². The highest BCUT2D eigenvalue weighted by Crippen LogP contribution is 2.23. The second kappa shape index (κ2) is 5.27. The molecule has 6 nitrogen and oxygen atoms in total. The number of nitrogens with two attached hydrogens (primary N) is 1. The average molecular weight is 331 g/mol. The van der Waals surface area contributed by atoms with Crippen molar-refractivity contribution >= 4 is 26.7 Å². The van der Waals surface area contributed by atoms with E-state index in [0.717, 1.165) is 21.5 Å². The number of fused-ring (bicyclic) bond motifs is 1. The summed E-state index contributed by atoms with van der Waals surface area (Å²) in [6, 6.07) is 9.67. The average Bonchev–Trinajstić information content (AvgIpc) is 2.83. The van der Waals surface area contributed by atoms with E-state index in [-0.39, 0.29) is 10.4 Å². The molecule has 0 radical (unpaired) electrons. The molecule has 0 amide bonds. The van der Waals surface area contributed by atoms with Gasteiger partial charge in [0.1, 0.15) is 0 Å². The summed E-state index contributed by atoms with van der Waals surface area (Å²) in [5, 5.41) is 0. The van der Waals surface area contributed by atoms with Crippen molar-refractivity contribution in [2.45, 2.75) is 25.2 Å². The van der Waals surface area contributed by atoms with E-state index in [1.165, 1.54) is 18.2 Å². The quantitative estimate of drug-likeness (QED) is 0.717. The monoisotopic (exact) mass is 331 g/mol. The van der Waals surface area contributed by atoms with E-state index in [0.29, 0.717) is 11.2 Å². The minimum atomic E-state index is -3.99. The molecule has 0 aliphatic carbocycles. The second-order valence-corrected chi connectivity index (χ2v) is 7.21. The molecule has 0 saturated carbocycles. The number of nitrogens with one attached hydrogen (secondary N) is 1. The third kappa shape index (κ3) is 2.43. The molecule has 3 N–H and O–H groups in total. The van der Waals surface area contributed by atoms with Crippen LogP contribution in [0.4, 0.5) is 5.69 Å². The van der Waals surface area contributed by atoms with Crippen molar-refractivity contribution in [1.82, 2.24) is 8.96 Å². The van der Waals surface area contributed by atoms with Crippen molar-refractivity contribution in [2.75, 3.05) is 5.73 Å². The molecular formula is C16H17N3O3S. The molecule has 3 aromatic rings. The molecule has 3 rings (SSSR count). The number of hydrogen-bond donors (Lipinski definition) is 2. The number of nitrogens with zero attached hydrogens (tertiary/aromatic N) is 1. The van der Waals surface area contributed by atoms with Gasteiger partial charge in [-0.15, -0.1) is 0 Å². The molecule has 2 aromatic carbocycles. The molecule has 0 bridgehead atoms. The van der Waals surface area contributed by atoms with Gasteiger partial charge in [-0.3, -0.25) is 0 Å². The molecule has 0 unspecified atom stereocenters. The molecular weight excluding hydrogens is 314 g/mol. The Hall–Kier alpha value is -2.54. The Labute approximate surface area is 133 Å². The summed E-state index contributed by atoms with van der Waals surface area (Å²) < 4.78 is 26.4. The van der Waals surface area contributed by atoms with E-state index < -0.39 is 15.7 Å². The third-order valence-corrected chi connectivity index (χ3v) is 5.61. The van der Waals surface area contributed by atoms with Crippen molar-refractivity contribution < 1.29 is 8.42 Å². The highest BCUT2D eigenvalue weighted by Gasteiger charge is 2.23. The Morgan fingerprint density at radius 3 is 2.43 bits per heavy atom. The highest BCUT2D eigenvalue weighted by molar-refractivity contribution is 7.90. The van der Waals surface area contributed by atoms with Crippen LogP contribution in [0, 0.1) is 6.92 Å². The molecule has 0 fully saturated rings. The first kappa shape index (κ1) is 15.4. The molecule has 0 saturated heterocycles. The summed E-state index contributed by atoms with van der Waals surface area (Å²) in [4.78, 5) is 14.8. The van der Waals surface area contributed by atoms with Gasteiger partial charge in [-0.05, 0) is 48.7 Å². The number of imidazole rings is 1. The Bertz CT molecular complexity index is 1040. The number of H-pyrrole nitrogens is 1. The molecule has 0 atom stereocenters. The van der Waals surface area contributed by atoms with Crippen molar-refractivity contribution in [3.05, 3.63) is 58.0 Å². The molecule has 0 aliphatic heterocycles. The van der Waals surface area contributed by atoms with Gasteiger partial charge in [-0.1, -0.05) is 19.1 Å². The number of aromatic nitrogens is 2. The van der Waals surface area contributed by atoms with Gasteiger partial charge in [0.05, 0.1) is 15.9 Å². The smallest absolute Gasteiger partial charge is 0.340 e. The fourth-order valence-corrected chi connectivity index (χ4v) is 3.86. The maximum Gasteiger partial charge on any atom is 0.340 e. The summed E-state index contributed by atoms with van der Waals surface area (Å²) >= 11 is 0. The second-order valence-electron chi connectivity index (χ2n) is 5.42. The molecule has 23 heavy (non-hydrogen) atoms. The summed E-state index contributed by atoms with van der Waals surface area (Å²) in [5.41, 5.74) is 8.07. The lowest BCUT2D eigenvalue weighted by atomic mass is 10.2. The van der Waals surface area contributed by atoms with Crippen LogP contribution in [0.5, 0.6) is 0 Å². The summed E-state index contributed by atoms with van der Waals surface area (Å²) in [5.74, 6) is 0. The van der Waals surface area contributed by atoms with Crippen LogP contribution < -0.4 is 11.4 Å². The van der Waals surface area contributed by atoms with Crippen LogP contribution in [-0.4, -0.2) is 17.4 Å². The van der Waals surface area contributed by atoms with Crippen LogP contribution in [0.3, 0.4) is 0 Å². The van der Waals surface area contributed by atoms with Crippen LogP contribution in [0.2, 0.25) is 0 Å². The van der Waals surface area contributed by atoms with E-state index in [2.05, 4.69) is 4.98 Å². The molecule has 1 aromatic heterocycles. The van der Waals surface area contributed by atoms with Gasteiger partial charge < -0.3 is 10.7 Å². The van der Waals surface area contributed by atoms with Crippen LogP contribution in [-0.2, 0) is 16.4 Å². The van der Waals surface area contributed by atoms with Gasteiger partial charge in [0.25, 0.3) is 10.0 Å². The van der Waals surface area contributed by atoms with Crippen molar-refractivity contribution in [3.63, 3.8) is 0 Å². The zero-order chi connectivity index (χ0) is 16.8. The standard InChI is InChI=1S/C16H17N3O3S/c1-3-11-4-6-12(7-5-11)23(21,22)19-15-9-13(17)10(2)8-14(15)18-16(19)20/h4-9H,3,17H2,1-2H3,(H,18,20). The number of nitrogen functional groups attached to an aromatic ring is 1. The topological polar surface area (TPSA) is 98.0 Å². The number of hydrogen-bond acceptors (Lipinski definition) is 4. The zero-order valence-electron chi connectivity index (χ0n) is 12.8. The normalized spacial score (nSPS) is 11.9. The van der Waals surface area contributed by atoms with Gasteiger partial charge in [0.2, 0.25) is 0 Å². The first-order chi connectivity index (χ1) is 10.8. The highest BCUT2D eigenvalue weighted by atomic mass is 32.2. The number of aryl methyl sites for hydroxylation is 2. The van der Waals surface area contributed by atoms with Gasteiger partial charge in [-0.2, -0.15) is 3.97 Å². The lowest BCUT2D eigenvalue weighted by Crippen LogP contribution is -2.25. The third-order valence-electron chi connectivity index (χ3n) is 3.90. The first-order valence-electron chi connectivity index (χ1n) is 7.20. The zero-order valence-corrected chi connectivity index (χ0v) is 13.6. The summed E-state index contributed by atoms with van der Waals surface area (Å²) in [6.45, 7) is 3.78. The van der Waals surface area contributed by atoms with E-state index >= 15 is 0 Å². The Morgan fingerprint density at radius 1 is 1.17 bits per heavy atom. The van der Waals surface area contributed by atoms with Crippen LogP contribution >= 0.6 is 0 Å². The van der Waals surface area contributed by atoms with Gasteiger partial charge in [-0.25, -0.2) is 13.2 Å². The van der Waals surface area contributed by atoms with Gasteiger partial charge in [0, 0.05) is 5.69 Å². The lowest BCUT2D eigenvalue weighted by Gasteiger charge is -2.07. The Balaban J connectivity index is 2.27. The molecule has 120 valence electrons. The van der Waals surface area contributed by atoms with Crippen molar-refractivity contribution in [1.29, 1.82) is 0 Å². The minimum absolute atomic E-state index is 0.0665. The first-order valence-corrected chi connectivity index (χ1v) is 8.64. The molecule has 7 heteroatoms. The lowest BCUT2D eigenvalue weighted by molar-refractivity contribution is 0.587.